The highest BCUT2D eigenvalue weighted by Gasteiger charge is 2.62. The lowest BCUT2D eigenvalue weighted by Crippen LogP contribution is -2.17. The molecule has 0 spiro atoms. The molecule has 2 bridgehead atoms. The van der Waals surface area contributed by atoms with Crippen LogP contribution in [0.2, 0.25) is 6.04 Å². The molecule has 62 valence electrons. The Morgan fingerprint density at radius 2 is 2.18 bits per heavy atom. The van der Waals surface area contributed by atoms with Crippen molar-refractivity contribution in [1.29, 1.82) is 0 Å². The average Bonchev–Trinajstić information content (AvgIpc) is 2.62. The van der Waals surface area contributed by atoms with Crippen molar-refractivity contribution in [1.82, 2.24) is 0 Å². The van der Waals surface area contributed by atoms with Crippen LogP contribution in [0, 0.1) is 17.8 Å². The van der Waals surface area contributed by atoms with Gasteiger partial charge < -0.3 is 4.74 Å². The molecule has 0 N–H and O–H groups in total. The van der Waals surface area contributed by atoms with Gasteiger partial charge in [-0.25, -0.2) is 0 Å². The molecule has 3 fully saturated rings. The Hall–Kier alpha value is 0.177. The Morgan fingerprint density at radius 1 is 1.27 bits per heavy atom. The summed E-state index contributed by atoms with van der Waals surface area (Å²) in [6.45, 7) is 0. The summed E-state index contributed by atoms with van der Waals surface area (Å²) in [5.74, 6) is 3.06. The van der Waals surface area contributed by atoms with Gasteiger partial charge >= 0.3 is 0 Å². The van der Waals surface area contributed by atoms with Crippen molar-refractivity contribution in [3.8, 4) is 0 Å². The summed E-state index contributed by atoms with van der Waals surface area (Å²) in [7, 11) is 1.40. The monoisotopic (exact) mass is 168 g/mol. The molecule has 3 aliphatic rings. The molecule has 2 aliphatic carbocycles. The average molecular weight is 168 g/mol. The highest BCUT2D eigenvalue weighted by Crippen LogP contribution is 2.59. The van der Waals surface area contributed by atoms with Gasteiger partial charge in [0.2, 0.25) is 0 Å². The number of epoxide rings is 1. The molecule has 0 aromatic carbocycles. The van der Waals surface area contributed by atoms with Crippen molar-refractivity contribution in [3.63, 3.8) is 0 Å². The molecule has 11 heavy (non-hydrogen) atoms. The van der Waals surface area contributed by atoms with Gasteiger partial charge in [0.05, 0.1) is 12.2 Å². The number of fused-ring (bicyclic) bond motifs is 5. The molecule has 3 rings (SSSR count). The van der Waals surface area contributed by atoms with Crippen LogP contribution in [0.1, 0.15) is 19.3 Å². The van der Waals surface area contributed by atoms with Crippen molar-refractivity contribution >= 4 is 10.2 Å². The van der Waals surface area contributed by atoms with Gasteiger partial charge in [-0.05, 0) is 30.6 Å². The summed E-state index contributed by atoms with van der Waals surface area (Å²) in [6.07, 6.45) is 6.02. The van der Waals surface area contributed by atoms with E-state index in [2.05, 4.69) is 0 Å². The summed E-state index contributed by atoms with van der Waals surface area (Å²) in [5, 5.41) is 0. The van der Waals surface area contributed by atoms with Gasteiger partial charge in [-0.1, -0.05) is 12.5 Å². The second kappa shape index (κ2) is 2.11. The van der Waals surface area contributed by atoms with E-state index in [9.17, 15) is 0 Å². The van der Waals surface area contributed by atoms with Crippen LogP contribution in [0.3, 0.4) is 0 Å². The fourth-order valence-electron chi connectivity index (χ4n) is 3.44. The Morgan fingerprint density at radius 3 is 2.82 bits per heavy atom. The maximum absolute atomic E-state index is 5.63. The molecule has 1 nitrogen and oxygen atoms in total. The third-order valence-corrected chi connectivity index (χ3v) is 4.47. The van der Waals surface area contributed by atoms with Gasteiger partial charge in [-0.3, -0.25) is 0 Å². The maximum Gasteiger partial charge on any atom is 0.0875 e. The minimum Gasteiger partial charge on any atom is -0.369 e. The molecule has 1 saturated heterocycles. The molecule has 0 aromatic heterocycles. The van der Waals surface area contributed by atoms with Crippen LogP contribution in [0.4, 0.5) is 0 Å². The van der Waals surface area contributed by atoms with Crippen LogP contribution in [0.25, 0.3) is 0 Å². The second-order valence-corrected chi connectivity index (χ2v) is 5.51. The van der Waals surface area contributed by atoms with E-state index in [4.69, 9.17) is 4.74 Å². The number of rotatable bonds is 2. The smallest absolute Gasteiger partial charge is 0.0875 e. The molecular formula is C9H16OSi. The highest BCUT2D eigenvalue weighted by atomic mass is 28.1. The van der Waals surface area contributed by atoms with Crippen molar-refractivity contribution in [2.45, 2.75) is 37.5 Å². The molecule has 0 amide bonds. The molecular weight excluding hydrogens is 152 g/mol. The summed E-state index contributed by atoms with van der Waals surface area (Å²) in [6, 6.07) is 1.51. The zero-order valence-corrected chi connectivity index (χ0v) is 9.12. The third-order valence-electron chi connectivity index (χ3n) is 3.89. The van der Waals surface area contributed by atoms with E-state index in [1.165, 1.54) is 35.5 Å². The van der Waals surface area contributed by atoms with E-state index in [1.54, 1.807) is 0 Å². The molecule has 5 atom stereocenters. The van der Waals surface area contributed by atoms with Gasteiger partial charge in [0, 0.05) is 10.2 Å². The first-order valence-electron chi connectivity index (χ1n) is 5.05. The molecule has 5 unspecified atom stereocenters. The standard InChI is InChI=1S/C9H16OSi/c11-2-1-5-3-6-4-7(5)9-8(6)10-9/h5-9H,1-4H2,11H3. The van der Waals surface area contributed by atoms with Crippen molar-refractivity contribution in [2.24, 2.45) is 17.8 Å². The first-order chi connectivity index (χ1) is 5.40. The molecule has 2 saturated carbocycles. The normalized spacial score (nSPS) is 58.4. The lowest BCUT2D eigenvalue weighted by atomic mass is 9.87. The first kappa shape index (κ1) is 6.67. The topological polar surface area (TPSA) is 12.5 Å². The summed E-state index contributed by atoms with van der Waals surface area (Å²) in [4.78, 5) is 0. The number of hydrogen-bond donors (Lipinski definition) is 0. The number of ether oxygens (including phenoxy) is 1. The van der Waals surface area contributed by atoms with Crippen molar-refractivity contribution < 1.29 is 4.74 Å². The Kier molecular flexibility index (Phi) is 1.28. The van der Waals surface area contributed by atoms with Gasteiger partial charge in [-0.15, -0.1) is 0 Å². The van der Waals surface area contributed by atoms with Crippen molar-refractivity contribution in [3.05, 3.63) is 0 Å². The number of hydrogen-bond acceptors (Lipinski definition) is 1. The maximum atomic E-state index is 5.63. The van der Waals surface area contributed by atoms with E-state index in [-0.39, 0.29) is 0 Å². The summed E-state index contributed by atoms with van der Waals surface area (Å²) in [5.41, 5.74) is 0. The van der Waals surface area contributed by atoms with E-state index >= 15 is 0 Å². The SMILES string of the molecule is [SiH3]CCC1CC2CC1C1OC21. The van der Waals surface area contributed by atoms with Gasteiger partial charge in [0.15, 0.2) is 0 Å². The molecule has 2 heteroatoms. The van der Waals surface area contributed by atoms with Crippen LogP contribution in [0.5, 0.6) is 0 Å². The first-order valence-corrected chi connectivity index (χ1v) is 6.47. The fourth-order valence-corrected chi connectivity index (χ4v) is 4.18. The predicted molar refractivity (Wildman–Crippen MR) is 47.7 cm³/mol. The summed E-state index contributed by atoms with van der Waals surface area (Å²) >= 11 is 0. The minimum absolute atomic E-state index is 0.741. The van der Waals surface area contributed by atoms with E-state index < -0.39 is 0 Å². The predicted octanol–water partition coefficient (Wildman–Crippen LogP) is 0.584. The zero-order chi connectivity index (χ0) is 7.42. The minimum atomic E-state index is 0.741. The molecule has 0 radical (unpaired) electrons. The molecule has 0 aromatic rings. The van der Waals surface area contributed by atoms with Gasteiger partial charge in [0.1, 0.15) is 0 Å². The van der Waals surface area contributed by atoms with Gasteiger partial charge in [-0.2, -0.15) is 0 Å². The highest BCUT2D eigenvalue weighted by molar-refractivity contribution is 6.08. The van der Waals surface area contributed by atoms with Crippen LogP contribution in [-0.4, -0.2) is 22.5 Å². The largest absolute Gasteiger partial charge is 0.369 e. The van der Waals surface area contributed by atoms with Crippen LogP contribution in [-0.2, 0) is 4.74 Å². The quantitative estimate of drug-likeness (QED) is 0.434. The zero-order valence-electron chi connectivity index (χ0n) is 7.12. The van der Waals surface area contributed by atoms with Crippen LogP contribution >= 0.6 is 0 Å². The van der Waals surface area contributed by atoms with E-state index in [1.807, 2.05) is 0 Å². The molecule has 1 aliphatic heterocycles. The van der Waals surface area contributed by atoms with Crippen LogP contribution < -0.4 is 0 Å². The lowest BCUT2D eigenvalue weighted by molar-refractivity contribution is 0.249. The summed E-state index contributed by atoms with van der Waals surface area (Å²) < 4.78 is 5.63. The van der Waals surface area contributed by atoms with Gasteiger partial charge in [0.25, 0.3) is 0 Å². The third kappa shape index (κ3) is 0.799. The van der Waals surface area contributed by atoms with E-state index in [0.29, 0.717) is 0 Å². The Labute approximate surface area is 70.9 Å². The van der Waals surface area contributed by atoms with Crippen LogP contribution in [0.15, 0.2) is 0 Å². The fraction of sp³-hybridized carbons (Fsp3) is 1.00. The Balaban J connectivity index is 1.73. The van der Waals surface area contributed by atoms with Crippen molar-refractivity contribution in [2.75, 3.05) is 0 Å². The lowest BCUT2D eigenvalue weighted by Gasteiger charge is -2.17. The Bertz CT molecular complexity index is 182. The second-order valence-electron chi connectivity index (χ2n) is 4.51. The van der Waals surface area contributed by atoms with E-state index in [0.717, 1.165) is 30.0 Å². The molecule has 1 heterocycles.